The Morgan fingerprint density at radius 1 is 1.47 bits per heavy atom. The largest absolute Gasteiger partial charge is 0.379 e. The lowest BCUT2D eigenvalue weighted by Gasteiger charge is -2.12. The second kappa shape index (κ2) is 5.27. The van der Waals surface area contributed by atoms with Crippen molar-refractivity contribution in [2.24, 2.45) is 0 Å². The fourth-order valence-corrected chi connectivity index (χ4v) is 1.79. The summed E-state index contributed by atoms with van der Waals surface area (Å²) in [5, 5.41) is 10.4. The van der Waals surface area contributed by atoms with Gasteiger partial charge in [-0.25, -0.2) is 4.63 Å². The van der Waals surface area contributed by atoms with Crippen molar-refractivity contribution in [2.45, 2.75) is 19.8 Å². The molecule has 0 radical (unpaired) electrons. The topological polar surface area (TPSA) is 94.0 Å². The average Bonchev–Trinajstić information content (AvgIpc) is 2.80. The first-order chi connectivity index (χ1) is 9.00. The van der Waals surface area contributed by atoms with E-state index < -0.39 is 5.92 Å². The molecular formula is C12H13ClN4O2. The molecule has 0 aliphatic carbocycles. The fraction of sp³-hybridized carbons (Fsp3) is 0.250. The number of carbonyl (C=O) groups is 1. The highest BCUT2D eigenvalue weighted by Crippen LogP contribution is 2.25. The van der Waals surface area contributed by atoms with Gasteiger partial charge in [0.2, 0.25) is 5.91 Å². The van der Waals surface area contributed by atoms with E-state index in [-0.39, 0.29) is 11.7 Å². The summed E-state index contributed by atoms with van der Waals surface area (Å²) >= 11 is 5.99. The van der Waals surface area contributed by atoms with Crippen LogP contribution in [0.15, 0.2) is 22.8 Å². The van der Waals surface area contributed by atoms with Crippen LogP contribution >= 0.6 is 11.6 Å². The van der Waals surface area contributed by atoms with Gasteiger partial charge in [0.1, 0.15) is 5.69 Å². The van der Waals surface area contributed by atoms with E-state index in [0.717, 1.165) is 5.56 Å². The molecule has 2 rings (SSSR count). The number of nitrogens with two attached hydrogens (primary N) is 1. The monoisotopic (exact) mass is 280 g/mol. The van der Waals surface area contributed by atoms with Crippen LogP contribution in [0.25, 0.3) is 0 Å². The number of hydrogen-bond acceptors (Lipinski definition) is 5. The number of anilines is 2. The van der Waals surface area contributed by atoms with Gasteiger partial charge in [0, 0.05) is 10.7 Å². The molecular weight excluding hydrogens is 268 g/mol. The maximum atomic E-state index is 12.1. The third kappa shape index (κ3) is 2.68. The van der Waals surface area contributed by atoms with Gasteiger partial charge >= 0.3 is 0 Å². The summed E-state index contributed by atoms with van der Waals surface area (Å²) < 4.78 is 4.48. The molecule has 0 fully saturated rings. The number of nitrogens with zero attached hydrogens (tertiary/aromatic N) is 2. The van der Waals surface area contributed by atoms with Gasteiger partial charge in [0.25, 0.3) is 0 Å². The maximum Gasteiger partial charge on any atom is 0.233 e. The van der Waals surface area contributed by atoms with Crippen molar-refractivity contribution in [1.82, 2.24) is 10.3 Å². The summed E-state index contributed by atoms with van der Waals surface area (Å²) in [7, 11) is 0. The van der Waals surface area contributed by atoms with Crippen molar-refractivity contribution in [3.8, 4) is 0 Å². The number of nitrogen functional groups attached to an aromatic ring is 1. The molecule has 1 aromatic heterocycles. The zero-order chi connectivity index (χ0) is 14.0. The first-order valence-electron chi connectivity index (χ1n) is 5.64. The molecule has 0 saturated carbocycles. The Labute approximate surface area is 114 Å². The molecule has 1 aromatic carbocycles. The predicted molar refractivity (Wildman–Crippen MR) is 71.9 cm³/mol. The van der Waals surface area contributed by atoms with Crippen LogP contribution in [0.4, 0.5) is 11.5 Å². The minimum atomic E-state index is -0.565. The van der Waals surface area contributed by atoms with E-state index >= 15 is 0 Å². The van der Waals surface area contributed by atoms with Gasteiger partial charge in [0.05, 0.1) is 5.92 Å². The Morgan fingerprint density at radius 3 is 2.84 bits per heavy atom. The van der Waals surface area contributed by atoms with Crippen LogP contribution in [0.3, 0.4) is 0 Å². The number of halogens is 1. The minimum absolute atomic E-state index is 0.116. The number of aromatic nitrogens is 2. The van der Waals surface area contributed by atoms with Crippen LogP contribution in [0.1, 0.15) is 24.1 Å². The highest BCUT2D eigenvalue weighted by molar-refractivity contribution is 6.31. The van der Waals surface area contributed by atoms with Crippen LogP contribution in [-0.4, -0.2) is 16.2 Å². The Bertz CT molecular complexity index is 612. The van der Waals surface area contributed by atoms with Crippen molar-refractivity contribution in [1.29, 1.82) is 0 Å². The van der Waals surface area contributed by atoms with Gasteiger partial charge < -0.3 is 11.1 Å². The molecule has 1 unspecified atom stereocenters. The van der Waals surface area contributed by atoms with Crippen LogP contribution in [0.2, 0.25) is 5.02 Å². The zero-order valence-electron chi connectivity index (χ0n) is 10.5. The van der Waals surface area contributed by atoms with Gasteiger partial charge in [0.15, 0.2) is 5.82 Å². The Balaban J connectivity index is 2.18. The fourth-order valence-electron chi connectivity index (χ4n) is 1.61. The first kappa shape index (κ1) is 13.4. The molecule has 3 N–H and O–H groups in total. The van der Waals surface area contributed by atoms with E-state index in [2.05, 4.69) is 20.3 Å². The number of carbonyl (C=O) groups excluding carboxylic acids is 1. The van der Waals surface area contributed by atoms with Crippen molar-refractivity contribution in [3.63, 3.8) is 0 Å². The van der Waals surface area contributed by atoms with Gasteiger partial charge in [-0.1, -0.05) is 22.8 Å². The molecule has 1 atom stereocenters. The van der Waals surface area contributed by atoms with Crippen LogP contribution in [0.5, 0.6) is 0 Å². The van der Waals surface area contributed by atoms with Crippen molar-refractivity contribution < 1.29 is 9.42 Å². The zero-order valence-corrected chi connectivity index (χ0v) is 11.2. The SMILES string of the molecule is Cc1c(Cl)cccc1NC(=O)C(C)c1nonc1N. The minimum Gasteiger partial charge on any atom is -0.379 e. The van der Waals surface area contributed by atoms with Crippen molar-refractivity contribution in [3.05, 3.63) is 34.5 Å². The number of nitrogens with one attached hydrogen (secondary N) is 1. The van der Waals surface area contributed by atoms with Gasteiger partial charge in [-0.2, -0.15) is 0 Å². The number of amides is 1. The Hall–Kier alpha value is -2.08. The Morgan fingerprint density at radius 2 is 2.21 bits per heavy atom. The second-order valence-corrected chi connectivity index (χ2v) is 4.57. The molecule has 0 saturated heterocycles. The van der Waals surface area contributed by atoms with Crippen molar-refractivity contribution in [2.75, 3.05) is 11.1 Å². The third-order valence-electron chi connectivity index (χ3n) is 2.87. The molecule has 19 heavy (non-hydrogen) atoms. The maximum absolute atomic E-state index is 12.1. The second-order valence-electron chi connectivity index (χ2n) is 4.16. The lowest BCUT2D eigenvalue weighted by molar-refractivity contribution is -0.117. The summed E-state index contributed by atoms with van der Waals surface area (Å²) in [6, 6.07) is 5.30. The molecule has 2 aromatic rings. The van der Waals surface area contributed by atoms with E-state index in [0.29, 0.717) is 16.4 Å². The molecule has 0 aliphatic rings. The molecule has 7 heteroatoms. The van der Waals surface area contributed by atoms with Crippen LogP contribution < -0.4 is 11.1 Å². The molecule has 6 nitrogen and oxygen atoms in total. The van der Waals surface area contributed by atoms with Gasteiger partial charge in [-0.3, -0.25) is 4.79 Å². The number of rotatable bonds is 3. The quantitative estimate of drug-likeness (QED) is 0.900. The summed E-state index contributed by atoms with van der Waals surface area (Å²) in [5.41, 5.74) is 7.33. The molecule has 100 valence electrons. The van der Waals surface area contributed by atoms with E-state index in [1.165, 1.54) is 0 Å². The summed E-state index contributed by atoms with van der Waals surface area (Å²) in [6.45, 7) is 3.50. The van der Waals surface area contributed by atoms with Gasteiger partial charge in [-0.05, 0) is 36.7 Å². The molecule has 0 aliphatic heterocycles. The summed E-state index contributed by atoms with van der Waals surface area (Å²) in [4.78, 5) is 12.1. The lowest BCUT2D eigenvalue weighted by atomic mass is 10.1. The molecule has 0 spiro atoms. The van der Waals surface area contributed by atoms with E-state index in [1.54, 1.807) is 25.1 Å². The highest BCUT2D eigenvalue weighted by atomic mass is 35.5. The highest BCUT2D eigenvalue weighted by Gasteiger charge is 2.22. The summed E-state index contributed by atoms with van der Waals surface area (Å²) in [6.07, 6.45) is 0. The normalized spacial score (nSPS) is 12.2. The smallest absolute Gasteiger partial charge is 0.233 e. The summed E-state index contributed by atoms with van der Waals surface area (Å²) in [5.74, 6) is -0.706. The van der Waals surface area contributed by atoms with Crippen LogP contribution in [0, 0.1) is 6.92 Å². The van der Waals surface area contributed by atoms with Crippen molar-refractivity contribution >= 4 is 29.0 Å². The lowest BCUT2D eigenvalue weighted by Crippen LogP contribution is -2.20. The number of hydrogen-bond donors (Lipinski definition) is 2. The molecule has 0 bridgehead atoms. The molecule has 1 heterocycles. The van der Waals surface area contributed by atoms with E-state index in [1.807, 2.05) is 6.92 Å². The first-order valence-corrected chi connectivity index (χ1v) is 6.02. The third-order valence-corrected chi connectivity index (χ3v) is 3.28. The molecule has 1 amide bonds. The van der Waals surface area contributed by atoms with E-state index in [4.69, 9.17) is 17.3 Å². The van der Waals surface area contributed by atoms with E-state index in [9.17, 15) is 4.79 Å². The standard InChI is InChI=1S/C12H13ClN4O2/c1-6-8(13)4-3-5-9(6)15-12(18)7(2)10-11(14)17-19-16-10/h3-5,7H,1-2H3,(H2,14,17)(H,15,18). The average molecular weight is 281 g/mol. The van der Waals surface area contributed by atoms with Crippen LogP contribution in [-0.2, 0) is 4.79 Å². The van der Waals surface area contributed by atoms with Gasteiger partial charge in [-0.15, -0.1) is 0 Å². The number of benzene rings is 1. The predicted octanol–water partition coefficient (Wildman–Crippen LogP) is 2.36. The Kier molecular flexibility index (Phi) is 3.71.